The molecule has 0 aromatic heterocycles. The molecule has 0 fully saturated rings. The Morgan fingerprint density at radius 1 is 1.31 bits per heavy atom. The second-order valence-corrected chi connectivity index (χ2v) is 5.69. The minimum atomic E-state index is -5.19. The van der Waals surface area contributed by atoms with Gasteiger partial charge in [-0.25, -0.2) is 13.0 Å². The molecule has 0 heterocycles. The van der Waals surface area contributed by atoms with Crippen LogP contribution >= 0.6 is 0 Å². The van der Waals surface area contributed by atoms with E-state index in [1.165, 1.54) is 0 Å². The Bertz CT molecular complexity index is 399. The summed E-state index contributed by atoms with van der Waals surface area (Å²) in [6.45, 7) is 0. The fourth-order valence-corrected chi connectivity index (χ4v) is 1.75. The first kappa shape index (κ1) is 10.2. The highest BCUT2D eigenvalue weighted by molar-refractivity contribution is 8.09. The van der Waals surface area contributed by atoms with E-state index in [0.29, 0.717) is 6.26 Å². The molecule has 13 heavy (non-hydrogen) atoms. The number of halogens is 2. The van der Waals surface area contributed by atoms with Crippen molar-refractivity contribution in [3.63, 3.8) is 0 Å². The van der Waals surface area contributed by atoms with Crippen LogP contribution in [0.3, 0.4) is 0 Å². The first-order valence-corrected chi connectivity index (χ1v) is 5.55. The summed E-state index contributed by atoms with van der Waals surface area (Å²) < 4.78 is 54.4. The fraction of sp³-hybridized carbons (Fsp3) is 0.143. The topological polar surface area (TPSA) is 57.5 Å². The Kier molecular flexibility index (Phi) is 2.02. The average molecular weight is 210 g/mol. The third-order valence-electron chi connectivity index (χ3n) is 1.42. The van der Waals surface area contributed by atoms with Crippen molar-refractivity contribution in [2.24, 2.45) is 0 Å². The van der Waals surface area contributed by atoms with Gasteiger partial charge in [-0.2, -0.15) is 0 Å². The fourth-order valence-electron chi connectivity index (χ4n) is 0.847. The Hall–Kier alpha value is -0.850. The van der Waals surface area contributed by atoms with Crippen LogP contribution in [0.25, 0.3) is 0 Å². The van der Waals surface area contributed by atoms with Gasteiger partial charge in [-0.05, 0) is 12.1 Å². The van der Waals surface area contributed by atoms with Gasteiger partial charge in [0, 0.05) is 6.26 Å². The van der Waals surface area contributed by atoms with Crippen molar-refractivity contribution in [3.05, 3.63) is 29.8 Å². The van der Waals surface area contributed by atoms with E-state index in [0.717, 1.165) is 18.2 Å². The molecule has 0 spiro atoms. The summed E-state index contributed by atoms with van der Waals surface area (Å²) in [5, 5.41) is 0. The summed E-state index contributed by atoms with van der Waals surface area (Å²) in [6.07, 6.45) is 0.537. The molecular weight excluding hydrogens is 202 g/mol. The molecule has 2 N–H and O–H groups in total. The Balaban J connectivity index is 3.50. The lowest BCUT2D eigenvalue weighted by Crippen LogP contribution is -2.30. The maximum absolute atomic E-state index is 12.9. The van der Waals surface area contributed by atoms with E-state index in [1.807, 2.05) is 0 Å². The van der Waals surface area contributed by atoms with E-state index in [-0.39, 0.29) is 0 Å². The highest BCUT2D eigenvalue weighted by Gasteiger charge is 2.30. The molecule has 0 aliphatic carbocycles. The minimum absolute atomic E-state index is 0.537. The molecule has 1 rings (SSSR count). The van der Waals surface area contributed by atoms with Gasteiger partial charge in [0.05, 0.1) is 0 Å². The summed E-state index contributed by atoms with van der Waals surface area (Å²) in [4.78, 5) is -0.933. The van der Waals surface area contributed by atoms with Gasteiger partial charge in [-0.3, -0.25) is 0 Å². The van der Waals surface area contributed by atoms with Crippen LogP contribution in [0.15, 0.2) is 23.1 Å². The lowest BCUT2D eigenvalue weighted by atomic mass is 10.3. The zero-order valence-corrected chi connectivity index (χ0v) is 7.52. The first-order chi connectivity index (χ1) is 5.68. The van der Waals surface area contributed by atoms with Gasteiger partial charge in [0.1, 0.15) is 14.5 Å². The van der Waals surface area contributed by atoms with E-state index in [9.17, 15) is 13.0 Å². The molecule has 74 valence electrons. The molecule has 3 nitrogen and oxygen atoms in total. The minimum Gasteiger partial charge on any atom is -0.304 e. The van der Waals surface area contributed by atoms with Gasteiger partial charge >= 0.3 is 0 Å². The number of hydrogen-bond donors (Lipinski definition) is 2. The van der Waals surface area contributed by atoms with E-state index in [2.05, 4.69) is 0 Å². The first-order valence-electron chi connectivity index (χ1n) is 3.27. The molecule has 0 unspecified atom stereocenters. The van der Waals surface area contributed by atoms with Crippen LogP contribution in [0.5, 0.6) is 0 Å². The summed E-state index contributed by atoms with van der Waals surface area (Å²) in [5.74, 6) is -2.78. The van der Waals surface area contributed by atoms with Gasteiger partial charge in [-0.1, -0.05) is 6.07 Å². The SMILES string of the molecule is CS(=O)(O)(O)c1cccc(F)c1F. The van der Waals surface area contributed by atoms with Crippen LogP contribution in [0.2, 0.25) is 0 Å². The molecule has 0 atom stereocenters. The predicted octanol–water partition coefficient (Wildman–Crippen LogP) is 1.72. The van der Waals surface area contributed by atoms with Crippen molar-refractivity contribution in [3.8, 4) is 0 Å². The number of rotatable bonds is 1. The van der Waals surface area contributed by atoms with Crippen LogP contribution in [0.4, 0.5) is 8.78 Å². The average Bonchev–Trinajstić information content (AvgIpc) is 1.90. The van der Waals surface area contributed by atoms with E-state index >= 15 is 0 Å². The van der Waals surface area contributed by atoms with Crippen LogP contribution in [0, 0.1) is 11.6 Å². The molecule has 0 aliphatic heterocycles. The van der Waals surface area contributed by atoms with Gasteiger partial charge < -0.3 is 9.11 Å². The van der Waals surface area contributed by atoms with Crippen LogP contribution in [-0.2, 0) is 9.63 Å². The predicted molar refractivity (Wildman–Crippen MR) is 43.9 cm³/mol. The van der Waals surface area contributed by atoms with Crippen molar-refractivity contribution in [1.82, 2.24) is 0 Å². The zero-order valence-electron chi connectivity index (χ0n) is 6.70. The zero-order chi connectivity index (χ0) is 10.3. The van der Waals surface area contributed by atoms with Crippen molar-refractivity contribution in [2.75, 3.05) is 6.26 Å². The third kappa shape index (κ3) is 2.09. The standard InChI is InChI=1S/C7H8F2O3S/c1-13(10,11,12)6-4-2-3-5(8)7(6)9/h2-4H,1H3,(H2,10,11,12). The highest BCUT2D eigenvalue weighted by Crippen LogP contribution is 2.28. The third-order valence-corrected chi connectivity index (χ3v) is 2.75. The van der Waals surface area contributed by atoms with E-state index < -0.39 is 26.2 Å². The van der Waals surface area contributed by atoms with Crippen LogP contribution in [-0.4, -0.2) is 19.6 Å². The van der Waals surface area contributed by atoms with Crippen LogP contribution < -0.4 is 0 Å². The monoisotopic (exact) mass is 210 g/mol. The maximum atomic E-state index is 12.9. The molecule has 0 aliphatic rings. The Morgan fingerprint density at radius 3 is 2.23 bits per heavy atom. The Labute approximate surface area is 73.4 Å². The van der Waals surface area contributed by atoms with Gasteiger partial charge in [0.25, 0.3) is 0 Å². The lowest BCUT2D eigenvalue weighted by molar-refractivity contribution is 0.386. The molecule has 6 heteroatoms. The van der Waals surface area contributed by atoms with Crippen molar-refractivity contribution in [2.45, 2.75) is 4.90 Å². The second kappa shape index (κ2) is 2.57. The highest BCUT2D eigenvalue weighted by atomic mass is 32.3. The molecule has 1 aromatic carbocycles. The smallest absolute Gasteiger partial charge is 0.177 e. The van der Waals surface area contributed by atoms with Crippen LogP contribution in [0.1, 0.15) is 0 Å². The normalized spacial score (nSPS) is 15.0. The molecule has 0 bridgehead atoms. The summed E-state index contributed by atoms with van der Waals surface area (Å²) in [7, 11) is -5.19. The molecule has 1 aromatic rings. The molecular formula is C7H8F2O3S. The summed E-state index contributed by atoms with van der Waals surface area (Å²) in [5.41, 5.74) is 0. The largest absolute Gasteiger partial charge is 0.304 e. The van der Waals surface area contributed by atoms with Gasteiger partial charge in [0.2, 0.25) is 0 Å². The van der Waals surface area contributed by atoms with Gasteiger partial charge in [0.15, 0.2) is 11.6 Å². The van der Waals surface area contributed by atoms with Crippen molar-refractivity contribution >= 4 is 9.63 Å². The maximum Gasteiger partial charge on any atom is 0.177 e. The van der Waals surface area contributed by atoms with E-state index in [4.69, 9.17) is 9.11 Å². The molecule has 0 radical (unpaired) electrons. The van der Waals surface area contributed by atoms with Crippen molar-refractivity contribution < 1.29 is 22.1 Å². The molecule has 0 amide bonds. The molecule has 0 saturated carbocycles. The number of hydrogen-bond acceptors (Lipinski definition) is 1. The number of benzene rings is 1. The summed E-state index contributed by atoms with van der Waals surface area (Å²) in [6, 6.07) is 2.68. The molecule has 0 saturated heterocycles. The van der Waals surface area contributed by atoms with Gasteiger partial charge in [-0.15, -0.1) is 0 Å². The van der Waals surface area contributed by atoms with Crippen molar-refractivity contribution in [1.29, 1.82) is 0 Å². The quantitative estimate of drug-likeness (QED) is 0.742. The summed E-state index contributed by atoms with van der Waals surface area (Å²) >= 11 is 0. The van der Waals surface area contributed by atoms with E-state index in [1.54, 1.807) is 0 Å². The lowest BCUT2D eigenvalue weighted by Gasteiger charge is -2.25. The second-order valence-electron chi connectivity index (χ2n) is 2.78. The Morgan fingerprint density at radius 2 is 1.85 bits per heavy atom.